The van der Waals surface area contributed by atoms with E-state index in [0.717, 1.165) is 17.6 Å². The van der Waals surface area contributed by atoms with Gasteiger partial charge in [-0.3, -0.25) is 0 Å². The molecule has 0 aliphatic carbocycles. The van der Waals surface area contributed by atoms with Gasteiger partial charge in [0, 0.05) is 30.7 Å². The predicted molar refractivity (Wildman–Crippen MR) is 88.9 cm³/mol. The van der Waals surface area contributed by atoms with E-state index in [1.54, 1.807) is 4.90 Å². The van der Waals surface area contributed by atoms with Gasteiger partial charge in [0.05, 0.1) is 5.69 Å². The first-order valence-corrected chi connectivity index (χ1v) is 8.04. The standard InChI is InChI=1S/C16H23BrN2O2/c1-12-5-6-14(13(17)11-12)18-7-9-19(10-8-18)15(20)21-16(2,3)4/h5-6,11H,7-10H2,1-4H3. The Labute approximate surface area is 135 Å². The fourth-order valence-corrected chi connectivity index (χ4v) is 3.07. The van der Waals surface area contributed by atoms with Crippen molar-refractivity contribution in [2.75, 3.05) is 31.1 Å². The maximum Gasteiger partial charge on any atom is 0.410 e. The maximum absolute atomic E-state index is 12.0. The normalized spacial score (nSPS) is 16.0. The molecule has 2 rings (SSSR count). The van der Waals surface area contributed by atoms with E-state index in [0.29, 0.717) is 13.1 Å². The Balaban J connectivity index is 1.95. The quantitative estimate of drug-likeness (QED) is 0.768. The van der Waals surface area contributed by atoms with E-state index in [4.69, 9.17) is 4.74 Å². The van der Waals surface area contributed by atoms with Gasteiger partial charge in [0.15, 0.2) is 0 Å². The van der Waals surface area contributed by atoms with Crippen LogP contribution in [0.3, 0.4) is 0 Å². The first-order chi connectivity index (χ1) is 9.76. The van der Waals surface area contributed by atoms with Crippen LogP contribution in [0.15, 0.2) is 22.7 Å². The summed E-state index contributed by atoms with van der Waals surface area (Å²) in [6, 6.07) is 6.36. The van der Waals surface area contributed by atoms with Crippen molar-refractivity contribution in [3.63, 3.8) is 0 Å². The van der Waals surface area contributed by atoms with Crippen LogP contribution in [0.5, 0.6) is 0 Å². The number of carbonyl (C=O) groups excluding carboxylic acids is 1. The van der Waals surface area contributed by atoms with Crippen molar-refractivity contribution in [3.8, 4) is 0 Å². The number of halogens is 1. The minimum absolute atomic E-state index is 0.217. The van der Waals surface area contributed by atoms with Gasteiger partial charge in [-0.2, -0.15) is 0 Å². The summed E-state index contributed by atoms with van der Waals surface area (Å²) < 4.78 is 6.52. The van der Waals surface area contributed by atoms with E-state index < -0.39 is 5.60 Å². The number of piperazine rings is 1. The minimum Gasteiger partial charge on any atom is -0.444 e. The summed E-state index contributed by atoms with van der Waals surface area (Å²) in [5.41, 5.74) is 1.98. The number of aryl methyl sites for hydroxylation is 1. The molecular weight excluding hydrogens is 332 g/mol. The van der Waals surface area contributed by atoms with Crippen LogP contribution in [-0.2, 0) is 4.74 Å². The van der Waals surface area contributed by atoms with E-state index in [-0.39, 0.29) is 6.09 Å². The molecule has 0 radical (unpaired) electrons. The van der Waals surface area contributed by atoms with Crippen LogP contribution in [0.1, 0.15) is 26.3 Å². The molecule has 1 aliphatic rings. The number of amides is 1. The number of rotatable bonds is 1. The molecule has 1 aromatic rings. The third-order valence-electron chi connectivity index (χ3n) is 3.38. The van der Waals surface area contributed by atoms with Gasteiger partial charge < -0.3 is 14.5 Å². The molecule has 4 nitrogen and oxygen atoms in total. The van der Waals surface area contributed by atoms with Crippen molar-refractivity contribution < 1.29 is 9.53 Å². The second-order valence-corrected chi connectivity index (χ2v) is 7.26. The fraction of sp³-hybridized carbons (Fsp3) is 0.562. The van der Waals surface area contributed by atoms with Crippen LogP contribution in [0, 0.1) is 6.92 Å². The molecule has 0 aromatic heterocycles. The lowest BCUT2D eigenvalue weighted by Crippen LogP contribution is -2.50. The fourth-order valence-electron chi connectivity index (χ4n) is 2.32. The van der Waals surface area contributed by atoms with Gasteiger partial charge in [0.1, 0.15) is 5.60 Å². The minimum atomic E-state index is -0.436. The lowest BCUT2D eigenvalue weighted by molar-refractivity contribution is 0.0240. The molecule has 1 amide bonds. The monoisotopic (exact) mass is 354 g/mol. The average Bonchev–Trinajstić information content (AvgIpc) is 2.37. The summed E-state index contributed by atoms with van der Waals surface area (Å²) in [5.74, 6) is 0. The van der Waals surface area contributed by atoms with Gasteiger partial charge in [-0.25, -0.2) is 4.79 Å². The highest BCUT2D eigenvalue weighted by Gasteiger charge is 2.26. The van der Waals surface area contributed by atoms with Gasteiger partial charge >= 0.3 is 6.09 Å². The van der Waals surface area contributed by atoms with Crippen molar-refractivity contribution in [2.45, 2.75) is 33.3 Å². The Hall–Kier alpha value is -1.23. The van der Waals surface area contributed by atoms with Gasteiger partial charge in [0.25, 0.3) is 0 Å². The number of hydrogen-bond donors (Lipinski definition) is 0. The topological polar surface area (TPSA) is 32.8 Å². The highest BCUT2D eigenvalue weighted by molar-refractivity contribution is 9.10. The molecule has 1 aliphatic heterocycles. The van der Waals surface area contributed by atoms with Crippen molar-refractivity contribution in [2.24, 2.45) is 0 Å². The molecular formula is C16H23BrN2O2. The van der Waals surface area contributed by atoms with Crippen molar-refractivity contribution in [1.82, 2.24) is 4.90 Å². The van der Waals surface area contributed by atoms with E-state index >= 15 is 0 Å². The van der Waals surface area contributed by atoms with Crippen molar-refractivity contribution in [3.05, 3.63) is 28.2 Å². The average molecular weight is 355 g/mol. The van der Waals surface area contributed by atoms with E-state index in [1.165, 1.54) is 11.3 Å². The molecule has 0 unspecified atom stereocenters. The van der Waals surface area contributed by atoms with E-state index in [9.17, 15) is 4.79 Å². The number of carbonyl (C=O) groups is 1. The molecule has 21 heavy (non-hydrogen) atoms. The number of nitrogens with zero attached hydrogens (tertiary/aromatic N) is 2. The van der Waals surface area contributed by atoms with Crippen LogP contribution in [0.25, 0.3) is 0 Å². The van der Waals surface area contributed by atoms with Gasteiger partial charge in [-0.15, -0.1) is 0 Å². The number of ether oxygens (including phenoxy) is 1. The Bertz CT molecular complexity index is 517. The van der Waals surface area contributed by atoms with Gasteiger partial charge in [-0.05, 0) is 61.3 Å². The summed E-state index contributed by atoms with van der Waals surface area (Å²) in [5, 5.41) is 0. The lowest BCUT2D eigenvalue weighted by atomic mass is 10.2. The molecule has 1 fully saturated rings. The Morgan fingerprint density at radius 3 is 2.33 bits per heavy atom. The van der Waals surface area contributed by atoms with Crippen LogP contribution in [-0.4, -0.2) is 42.8 Å². The molecule has 5 heteroatoms. The third-order valence-corrected chi connectivity index (χ3v) is 4.01. The lowest BCUT2D eigenvalue weighted by Gasteiger charge is -2.37. The van der Waals surface area contributed by atoms with Crippen molar-refractivity contribution in [1.29, 1.82) is 0 Å². The SMILES string of the molecule is Cc1ccc(N2CCN(C(=O)OC(C)(C)C)CC2)c(Br)c1. The summed E-state index contributed by atoms with van der Waals surface area (Å²) >= 11 is 3.62. The van der Waals surface area contributed by atoms with Gasteiger partial charge in [0.2, 0.25) is 0 Å². The molecule has 0 N–H and O–H groups in total. The Morgan fingerprint density at radius 1 is 1.19 bits per heavy atom. The zero-order valence-electron chi connectivity index (χ0n) is 13.1. The van der Waals surface area contributed by atoms with E-state index in [2.05, 4.69) is 46.0 Å². The first-order valence-electron chi connectivity index (χ1n) is 7.25. The molecule has 0 spiro atoms. The number of hydrogen-bond acceptors (Lipinski definition) is 3. The Morgan fingerprint density at radius 2 is 1.81 bits per heavy atom. The summed E-state index contributed by atoms with van der Waals surface area (Å²) in [7, 11) is 0. The zero-order valence-corrected chi connectivity index (χ0v) is 14.7. The van der Waals surface area contributed by atoms with Crippen molar-refractivity contribution >= 4 is 27.7 Å². The summed E-state index contributed by atoms with van der Waals surface area (Å²) in [4.78, 5) is 16.1. The number of benzene rings is 1. The van der Waals surface area contributed by atoms with Crippen LogP contribution in [0.2, 0.25) is 0 Å². The maximum atomic E-state index is 12.0. The largest absolute Gasteiger partial charge is 0.444 e. The zero-order chi connectivity index (χ0) is 15.6. The first kappa shape index (κ1) is 16.1. The van der Waals surface area contributed by atoms with E-state index in [1.807, 2.05) is 20.8 Å². The second-order valence-electron chi connectivity index (χ2n) is 6.41. The summed E-state index contributed by atoms with van der Waals surface area (Å²) in [6.45, 7) is 10.8. The van der Waals surface area contributed by atoms with Gasteiger partial charge in [-0.1, -0.05) is 6.07 Å². The smallest absolute Gasteiger partial charge is 0.410 e. The molecule has 1 aromatic carbocycles. The van der Waals surface area contributed by atoms with Crippen LogP contribution >= 0.6 is 15.9 Å². The second kappa shape index (κ2) is 6.26. The molecule has 1 heterocycles. The number of anilines is 1. The molecule has 116 valence electrons. The highest BCUT2D eigenvalue weighted by atomic mass is 79.9. The highest BCUT2D eigenvalue weighted by Crippen LogP contribution is 2.28. The molecule has 0 atom stereocenters. The van der Waals surface area contributed by atoms with Crippen LogP contribution in [0.4, 0.5) is 10.5 Å². The predicted octanol–water partition coefficient (Wildman–Crippen LogP) is 3.81. The van der Waals surface area contributed by atoms with Crippen LogP contribution < -0.4 is 4.90 Å². The summed E-state index contributed by atoms with van der Waals surface area (Å²) in [6.07, 6.45) is -0.217. The molecule has 0 saturated carbocycles. The Kier molecular flexibility index (Phi) is 4.81. The third kappa shape index (κ3) is 4.37. The molecule has 1 saturated heterocycles. The molecule has 0 bridgehead atoms.